The molecule has 0 atom stereocenters. The van der Waals surface area contributed by atoms with E-state index in [0.29, 0.717) is 37.3 Å². The maximum Gasteiger partial charge on any atom is 0.272 e. The zero-order valence-electron chi connectivity index (χ0n) is 18.1. The van der Waals surface area contributed by atoms with E-state index in [0.717, 1.165) is 49.0 Å². The molecular weight excluding hydrogens is 414 g/mol. The van der Waals surface area contributed by atoms with Gasteiger partial charge < -0.3 is 15.0 Å². The first-order valence-corrected chi connectivity index (χ1v) is 11.9. The number of carbonyl (C=O) groups excluding carboxylic acids is 2. The van der Waals surface area contributed by atoms with E-state index in [1.54, 1.807) is 16.4 Å². The monoisotopic (exact) mass is 443 g/mol. The molecule has 4 rings (SSSR count). The Morgan fingerprint density at radius 1 is 1.16 bits per heavy atom. The predicted octanol–water partition coefficient (Wildman–Crippen LogP) is 1.40. The normalized spacial score (nSPS) is 16.8. The van der Waals surface area contributed by atoms with Crippen LogP contribution >= 0.6 is 11.8 Å². The number of fused-ring (bicyclic) bond motifs is 1. The molecule has 1 saturated heterocycles. The lowest BCUT2D eigenvalue weighted by Gasteiger charge is -2.28. The quantitative estimate of drug-likeness (QED) is 0.680. The summed E-state index contributed by atoms with van der Waals surface area (Å²) in [6, 6.07) is 7.66. The lowest BCUT2D eigenvalue weighted by molar-refractivity contribution is 0.0383. The predicted molar refractivity (Wildman–Crippen MR) is 119 cm³/mol. The molecule has 2 amide bonds. The highest BCUT2D eigenvalue weighted by molar-refractivity contribution is 7.98. The number of aryl methyl sites for hydroxylation is 1. The van der Waals surface area contributed by atoms with Crippen molar-refractivity contribution in [2.75, 3.05) is 52.2 Å². The van der Waals surface area contributed by atoms with Crippen molar-refractivity contribution in [1.29, 1.82) is 0 Å². The van der Waals surface area contributed by atoms with Crippen molar-refractivity contribution in [2.24, 2.45) is 7.05 Å². The van der Waals surface area contributed by atoms with Gasteiger partial charge in [-0.15, -0.1) is 11.8 Å². The molecule has 31 heavy (non-hydrogen) atoms. The minimum absolute atomic E-state index is 0.0131. The molecule has 1 fully saturated rings. The molecule has 0 aliphatic carbocycles. The average molecular weight is 444 g/mol. The second kappa shape index (κ2) is 9.84. The summed E-state index contributed by atoms with van der Waals surface area (Å²) in [7, 11) is 1.86. The van der Waals surface area contributed by atoms with Gasteiger partial charge in [0.1, 0.15) is 0 Å². The highest BCUT2D eigenvalue weighted by Crippen LogP contribution is 2.24. The zero-order valence-corrected chi connectivity index (χ0v) is 18.9. The lowest BCUT2D eigenvalue weighted by atomic mass is 10.0. The second-order valence-corrected chi connectivity index (χ2v) is 8.69. The van der Waals surface area contributed by atoms with Gasteiger partial charge in [-0.3, -0.25) is 19.2 Å². The molecule has 2 aliphatic rings. The van der Waals surface area contributed by atoms with Crippen molar-refractivity contribution in [3.63, 3.8) is 0 Å². The standard InChI is InChI=1S/C22H29N5O3S/c1-25-19-7-9-27(22(29)16-3-5-17(31-2)6-4-16)15-18(19)20(24-25)21(28)23-8-10-26-11-13-30-14-12-26/h3-6H,7-15H2,1-2H3,(H,23,28). The van der Waals surface area contributed by atoms with Gasteiger partial charge in [0.2, 0.25) is 0 Å². The Bertz CT molecular complexity index is 937. The Labute approximate surface area is 186 Å². The van der Waals surface area contributed by atoms with Crippen molar-refractivity contribution >= 4 is 23.6 Å². The van der Waals surface area contributed by atoms with Crippen molar-refractivity contribution in [1.82, 2.24) is 24.9 Å². The smallest absolute Gasteiger partial charge is 0.272 e. The fraction of sp³-hybridized carbons (Fsp3) is 0.500. The maximum absolute atomic E-state index is 13.0. The van der Waals surface area contributed by atoms with Gasteiger partial charge >= 0.3 is 0 Å². The minimum atomic E-state index is -0.177. The van der Waals surface area contributed by atoms with Crippen LogP contribution < -0.4 is 5.32 Å². The first-order valence-electron chi connectivity index (χ1n) is 10.6. The molecule has 9 heteroatoms. The van der Waals surface area contributed by atoms with Crippen molar-refractivity contribution in [2.45, 2.75) is 17.9 Å². The van der Waals surface area contributed by atoms with E-state index < -0.39 is 0 Å². The largest absolute Gasteiger partial charge is 0.379 e. The average Bonchev–Trinajstić information content (AvgIpc) is 3.15. The third kappa shape index (κ3) is 4.94. The van der Waals surface area contributed by atoms with E-state index >= 15 is 0 Å². The van der Waals surface area contributed by atoms with Crippen molar-refractivity contribution < 1.29 is 14.3 Å². The van der Waals surface area contributed by atoms with E-state index in [9.17, 15) is 9.59 Å². The maximum atomic E-state index is 13.0. The number of aromatic nitrogens is 2. The van der Waals surface area contributed by atoms with Crippen LogP contribution in [-0.2, 0) is 24.8 Å². The SMILES string of the molecule is CSc1ccc(C(=O)N2CCc3c(c(C(=O)NCCN4CCOCC4)nn3C)C2)cc1. The van der Waals surface area contributed by atoms with Gasteiger partial charge in [0.25, 0.3) is 11.8 Å². The molecule has 166 valence electrons. The van der Waals surface area contributed by atoms with Crippen LogP contribution in [-0.4, -0.2) is 83.6 Å². The van der Waals surface area contributed by atoms with Crippen LogP contribution in [0.15, 0.2) is 29.2 Å². The van der Waals surface area contributed by atoms with Crippen LogP contribution in [0.1, 0.15) is 32.1 Å². The van der Waals surface area contributed by atoms with Crippen LogP contribution in [0, 0.1) is 0 Å². The molecule has 1 N–H and O–H groups in total. The van der Waals surface area contributed by atoms with Crippen LogP contribution in [0.25, 0.3) is 0 Å². The number of amides is 2. The van der Waals surface area contributed by atoms with Gasteiger partial charge in [-0.2, -0.15) is 5.10 Å². The van der Waals surface area contributed by atoms with Crippen LogP contribution in [0.2, 0.25) is 0 Å². The van der Waals surface area contributed by atoms with Gasteiger partial charge in [-0.05, 0) is 30.5 Å². The fourth-order valence-electron chi connectivity index (χ4n) is 4.10. The van der Waals surface area contributed by atoms with E-state index in [-0.39, 0.29) is 11.8 Å². The summed E-state index contributed by atoms with van der Waals surface area (Å²) in [5.41, 5.74) is 2.98. The molecule has 2 aromatic rings. The van der Waals surface area contributed by atoms with Gasteiger partial charge in [0.15, 0.2) is 5.69 Å². The molecular formula is C22H29N5O3S. The van der Waals surface area contributed by atoms with E-state index in [1.165, 1.54) is 0 Å². The molecule has 2 aliphatic heterocycles. The topological polar surface area (TPSA) is 79.7 Å². The summed E-state index contributed by atoms with van der Waals surface area (Å²) in [5.74, 6) is -0.190. The van der Waals surface area contributed by atoms with E-state index in [4.69, 9.17) is 4.74 Å². The molecule has 3 heterocycles. The molecule has 0 bridgehead atoms. The third-order valence-electron chi connectivity index (χ3n) is 5.90. The Morgan fingerprint density at radius 3 is 2.61 bits per heavy atom. The lowest BCUT2D eigenvalue weighted by Crippen LogP contribution is -2.41. The van der Waals surface area contributed by atoms with E-state index in [1.807, 2.05) is 42.5 Å². The number of morpholine rings is 1. The number of thioether (sulfide) groups is 1. The third-order valence-corrected chi connectivity index (χ3v) is 6.64. The number of ether oxygens (including phenoxy) is 1. The van der Waals surface area contributed by atoms with Gasteiger partial charge in [-0.1, -0.05) is 0 Å². The second-order valence-electron chi connectivity index (χ2n) is 7.81. The Morgan fingerprint density at radius 2 is 1.90 bits per heavy atom. The van der Waals surface area contributed by atoms with E-state index in [2.05, 4.69) is 15.3 Å². The zero-order chi connectivity index (χ0) is 21.8. The van der Waals surface area contributed by atoms with Gasteiger partial charge in [0.05, 0.1) is 19.8 Å². The number of nitrogens with one attached hydrogen (secondary N) is 1. The summed E-state index contributed by atoms with van der Waals surface area (Å²) < 4.78 is 7.14. The number of benzene rings is 1. The Hall–Kier alpha value is -2.36. The highest BCUT2D eigenvalue weighted by Gasteiger charge is 2.29. The summed E-state index contributed by atoms with van der Waals surface area (Å²) in [5, 5.41) is 7.47. The van der Waals surface area contributed by atoms with Crippen molar-refractivity contribution in [3.8, 4) is 0 Å². The summed E-state index contributed by atoms with van der Waals surface area (Å²) >= 11 is 1.65. The van der Waals surface area contributed by atoms with Crippen LogP contribution in [0.4, 0.5) is 0 Å². The summed E-state index contributed by atoms with van der Waals surface area (Å²) in [6.45, 7) is 5.65. The number of carbonyl (C=O) groups is 2. The highest BCUT2D eigenvalue weighted by atomic mass is 32.2. The van der Waals surface area contributed by atoms with Gasteiger partial charge in [-0.25, -0.2) is 0 Å². The molecule has 1 aromatic heterocycles. The first-order chi connectivity index (χ1) is 15.1. The number of rotatable bonds is 6. The number of nitrogens with zero attached hydrogens (tertiary/aromatic N) is 4. The Balaban J connectivity index is 1.42. The van der Waals surface area contributed by atoms with Crippen LogP contribution in [0.5, 0.6) is 0 Å². The Kier molecular flexibility index (Phi) is 6.94. The minimum Gasteiger partial charge on any atom is -0.379 e. The van der Waals surface area contributed by atoms with Gasteiger partial charge in [0, 0.05) is 67.9 Å². The molecule has 0 unspecified atom stereocenters. The van der Waals surface area contributed by atoms with Crippen molar-refractivity contribution in [3.05, 3.63) is 46.8 Å². The number of hydrogen-bond donors (Lipinski definition) is 1. The molecule has 1 aromatic carbocycles. The summed E-state index contributed by atoms with van der Waals surface area (Å²) in [6.07, 6.45) is 2.70. The summed E-state index contributed by atoms with van der Waals surface area (Å²) in [4.78, 5) is 31.1. The first kappa shape index (κ1) is 21.9. The fourth-order valence-corrected chi connectivity index (χ4v) is 4.51. The molecule has 0 radical (unpaired) electrons. The molecule has 0 saturated carbocycles. The molecule has 0 spiro atoms. The van der Waals surface area contributed by atoms with Crippen LogP contribution in [0.3, 0.4) is 0 Å². The molecule has 8 nitrogen and oxygen atoms in total. The number of hydrogen-bond acceptors (Lipinski definition) is 6.